The number of anilines is 1. The van der Waals surface area contributed by atoms with E-state index in [1.54, 1.807) is 12.1 Å². The molecule has 5 nitrogen and oxygen atoms in total. The lowest BCUT2D eigenvalue weighted by Gasteiger charge is -2.43. The monoisotopic (exact) mass is 274 g/mol. The van der Waals surface area contributed by atoms with E-state index in [0.717, 1.165) is 24.8 Å². The third kappa shape index (κ3) is 2.03. The smallest absolute Gasteiger partial charge is 0.257 e. The zero-order valence-corrected chi connectivity index (χ0v) is 10.8. The SMILES string of the molecule is Nc1[nH]ncc1C(=O)NC1(c2ccc(F)cc2)CCC1. The van der Waals surface area contributed by atoms with Crippen LogP contribution in [0.3, 0.4) is 0 Å². The molecule has 1 amide bonds. The molecule has 1 aromatic heterocycles. The van der Waals surface area contributed by atoms with Gasteiger partial charge in [-0.05, 0) is 37.0 Å². The third-order valence-electron chi connectivity index (χ3n) is 3.87. The normalized spacial score (nSPS) is 16.4. The second kappa shape index (κ2) is 4.63. The lowest BCUT2D eigenvalue weighted by atomic mass is 9.71. The van der Waals surface area contributed by atoms with Crippen LogP contribution in [0, 0.1) is 5.82 Å². The number of aromatic nitrogens is 2. The molecule has 1 aliphatic rings. The summed E-state index contributed by atoms with van der Waals surface area (Å²) in [6, 6.07) is 6.25. The minimum atomic E-state index is -0.422. The molecular formula is C14H15FN4O. The van der Waals surface area contributed by atoms with Crippen LogP contribution in [-0.4, -0.2) is 16.1 Å². The van der Waals surface area contributed by atoms with Gasteiger partial charge in [0, 0.05) is 0 Å². The molecule has 20 heavy (non-hydrogen) atoms. The lowest BCUT2D eigenvalue weighted by Crippen LogP contribution is -2.50. The predicted octanol–water partition coefficient (Wildman–Crippen LogP) is 1.94. The van der Waals surface area contributed by atoms with Gasteiger partial charge in [0.15, 0.2) is 0 Å². The molecule has 1 fully saturated rings. The molecule has 0 radical (unpaired) electrons. The summed E-state index contributed by atoms with van der Waals surface area (Å²) in [4.78, 5) is 12.3. The highest BCUT2D eigenvalue weighted by Gasteiger charge is 2.40. The Morgan fingerprint density at radius 2 is 2.05 bits per heavy atom. The summed E-state index contributed by atoms with van der Waals surface area (Å²) in [6.07, 6.45) is 4.10. The van der Waals surface area contributed by atoms with E-state index in [9.17, 15) is 9.18 Å². The molecule has 0 spiro atoms. The molecular weight excluding hydrogens is 259 g/mol. The van der Waals surface area contributed by atoms with E-state index in [-0.39, 0.29) is 17.5 Å². The number of carbonyl (C=O) groups excluding carboxylic acids is 1. The Balaban J connectivity index is 1.85. The summed E-state index contributed by atoms with van der Waals surface area (Å²) in [5.41, 5.74) is 6.48. The minimum absolute atomic E-state index is 0.246. The molecule has 1 aliphatic carbocycles. The number of benzene rings is 1. The van der Waals surface area contributed by atoms with Gasteiger partial charge in [0.2, 0.25) is 0 Å². The number of nitrogens with two attached hydrogens (primary N) is 1. The molecule has 104 valence electrons. The summed E-state index contributed by atoms with van der Waals surface area (Å²) in [6.45, 7) is 0. The summed E-state index contributed by atoms with van der Waals surface area (Å²) < 4.78 is 13.0. The van der Waals surface area contributed by atoms with Crippen molar-refractivity contribution in [2.45, 2.75) is 24.8 Å². The van der Waals surface area contributed by atoms with Crippen molar-refractivity contribution in [3.05, 3.63) is 47.4 Å². The van der Waals surface area contributed by atoms with Gasteiger partial charge in [0.1, 0.15) is 17.2 Å². The van der Waals surface area contributed by atoms with Crippen LogP contribution in [0.25, 0.3) is 0 Å². The maximum atomic E-state index is 13.0. The molecule has 4 N–H and O–H groups in total. The second-order valence-electron chi connectivity index (χ2n) is 5.09. The maximum Gasteiger partial charge on any atom is 0.257 e. The Hall–Kier alpha value is -2.37. The fourth-order valence-electron chi connectivity index (χ4n) is 2.55. The van der Waals surface area contributed by atoms with Gasteiger partial charge in [-0.3, -0.25) is 9.89 Å². The third-order valence-corrected chi connectivity index (χ3v) is 3.87. The number of nitrogens with zero attached hydrogens (tertiary/aromatic N) is 1. The average molecular weight is 274 g/mol. The van der Waals surface area contributed by atoms with Crippen LogP contribution in [0.1, 0.15) is 35.2 Å². The van der Waals surface area contributed by atoms with Crippen molar-refractivity contribution in [3.8, 4) is 0 Å². The number of H-pyrrole nitrogens is 1. The van der Waals surface area contributed by atoms with Crippen LogP contribution in [0.4, 0.5) is 10.2 Å². The summed E-state index contributed by atoms with van der Waals surface area (Å²) in [5.74, 6) is -0.301. The van der Waals surface area contributed by atoms with Gasteiger partial charge >= 0.3 is 0 Å². The number of nitrogens with one attached hydrogen (secondary N) is 2. The quantitative estimate of drug-likeness (QED) is 0.799. The number of halogens is 1. The van der Waals surface area contributed by atoms with Crippen molar-refractivity contribution >= 4 is 11.7 Å². The molecule has 0 unspecified atom stereocenters. The topological polar surface area (TPSA) is 83.8 Å². The fraction of sp³-hybridized carbons (Fsp3) is 0.286. The molecule has 1 aromatic carbocycles. The molecule has 6 heteroatoms. The van der Waals surface area contributed by atoms with E-state index in [4.69, 9.17) is 5.73 Å². The van der Waals surface area contributed by atoms with E-state index < -0.39 is 5.54 Å². The highest BCUT2D eigenvalue weighted by atomic mass is 19.1. The molecule has 0 saturated heterocycles. The van der Waals surface area contributed by atoms with Crippen molar-refractivity contribution in [2.75, 3.05) is 5.73 Å². The summed E-state index contributed by atoms with van der Waals surface area (Å²) in [5, 5.41) is 9.28. The number of rotatable bonds is 3. The van der Waals surface area contributed by atoms with Gasteiger partial charge in [-0.15, -0.1) is 0 Å². The van der Waals surface area contributed by atoms with Crippen LogP contribution < -0.4 is 11.1 Å². The van der Waals surface area contributed by atoms with Gasteiger partial charge in [0.25, 0.3) is 5.91 Å². The number of carbonyl (C=O) groups is 1. The predicted molar refractivity (Wildman–Crippen MR) is 72.4 cm³/mol. The largest absolute Gasteiger partial charge is 0.383 e. The van der Waals surface area contributed by atoms with Crippen molar-refractivity contribution < 1.29 is 9.18 Å². The average Bonchev–Trinajstić information content (AvgIpc) is 2.81. The Bertz CT molecular complexity index is 631. The van der Waals surface area contributed by atoms with Crippen molar-refractivity contribution in [2.24, 2.45) is 0 Å². The molecule has 0 bridgehead atoms. The second-order valence-corrected chi connectivity index (χ2v) is 5.09. The molecule has 0 atom stereocenters. The van der Waals surface area contributed by atoms with Gasteiger partial charge in [-0.25, -0.2) is 4.39 Å². The number of hydrogen-bond donors (Lipinski definition) is 3. The first kappa shape index (κ1) is 12.7. The first-order valence-corrected chi connectivity index (χ1v) is 6.48. The van der Waals surface area contributed by atoms with E-state index in [2.05, 4.69) is 15.5 Å². The number of hydrogen-bond acceptors (Lipinski definition) is 3. The Labute approximate surface area is 115 Å². The van der Waals surface area contributed by atoms with E-state index in [1.807, 2.05) is 0 Å². The number of aromatic amines is 1. The Kier molecular flexibility index (Phi) is 2.93. The van der Waals surface area contributed by atoms with Gasteiger partial charge in [0.05, 0.1) is 11.7 Å². The molecule has 1 saturated carbocycles. The highest BCUT2D eigenvalue weighted by molar-refractivity contribution is 5.98. The standard InChI is InChI=1S/C14H15FN4O/c15-10-4-2-9(3-5-10)14(6-1-7-14)18-13(20)11-8-17-19-12(11)16/h2-5,8H,1,6-7H2,(H,18,20)(H3,16,17,19). The first-order chi connectivity index (χ1) is 9.61. The van der Waals surface area contributed by atoms with Crippen molar-refractivity contribution in [1.82, 2.24) is 15.5 Å². The molecule has 0 aliphatic heterocycles. The minimum Gasteiger partial charge on any atom is -0.383 e. The van der Waals surface area contributed by atoms with Crippen LogP contribution in [0.2, 0.25) is 0 Å². The molecule has 3 rings (SSSR count). The number of nitrogen functional groups attached to an aromatic ring is 1. The van der Waals surface area contributed by atoms with Gasteiger partial charge < -0.3 is 11.1 Å². The zero-order valence-electron chi connectivity index (χ0n) is 10.8. The van der Waals surface area contributed by atoms with E-state index in [1.165, 1.54) is 18.3 Å². The van der Waals surface area contributed by atoms with E-state index >= 15 is 0 Å². The summed E-state index contributed by atoms with van der Waals surface area (Å²) in [7, 11) is 0. The van der Waals surface area contributed by atoms with E-state index in [0.29, 0.717) is 5.56 Å². The molecule has 1 heterocycles. The van der Waals surface area contributed by atoms with Crippen molar-refractivity contribution in [1.29, 1.82) is 0 Å². The first-order valence-electron chi connectivity index (χ1n) is 6.48. The maximum absolute atomic E-state index is 13.0. The van der Waals surface area contributed by atoms with Gasteiger partial charge in [-0.2, -0.15) is 5.10 Å². The zero-order chi connectivity index (χ0) is 14.2. The van der Waals surface area contributed by atoms with Crippen LogP contribution in [-0.2, 0) is 5.54 Å². The summed E-state index contributed by atoms with van der Waals surface area (Å²) >= 11 is 0. The van der Waals surface area contributed by atoms with Crippen molar-refractivity contribution in [3.63, 3.8) is 0 Å². The Morgan fingerprint density at radius 1 is 1.35 bits per heavy atom. The van der Waals surface area contributed by atoms with Crippen LogP contribution >= 0.6 is 0 Å². The van der Waals surface area contributed by atoms with Gasteiger partial charge in [-0.1, -0.05) is 12.1 Å². The van der Waals surface area contributed by atoms with Crippen LogP contribution in [0.5, 0.6) is 0 Å². The van der Waals surface area contributed by atoms with Crippen LogP contribution in [0.15, 0.2) is 30.5 Å². The Morgan fingerprint density at radius 3 is 2.55 bits per heavy atom. The highest BCUT2D eigenvalue weighted by Crippen LogP contribution is 2.41. The lowest BCUT2D eigenvalue weighted by molar-refractivity contribution is 0.0824. The fourth-order valence-corrected chi connectivity index (χ4v) is 2.55. The molecule has 2 aromatic rings. The number of amides is 1.